The molecule has 4 rings (SSSR count). The molecule has 6 nitrogen and oxygen atoms in total. The third kappa shape index (κ3) is 5.88. The van der Waals surface area contributed by atoms with E-state index in [1.165, 1.54) is 12.1 Å². The number of pyridine rings is 3. The van der Waals surface area contributed by atoms with Crippen molar-refractivity contribution in [3.8, 4) is 0 Å². The van der Waals surface area contributed by atoms with Crippen LogP contribution in [0.2, 0.25) is 10.3 Å². The second-order valence-corrected chi connectivity index (χ2v) is 10.2. The van der Waals surface area contributed by atoms with E-state index in [1.807, 2.05) is 12.1 Å². The molecule has 1 N–H and O–H groups in total. The summed E-state index contributed by atoms with van der Waals surface area (Å²) in [5.41, 5.74) is 2.95. The summed E-state index contributed by atoms with van der Waals surface area (Å²) in [5.74, 6) is -1.02. The van der Waals surface area contributed by atoms with Crippen LogP contribution >= 0.6 is 23.2 Å². The number of benzene rings is 1. The summed E-state index contributed by atoms with van der Waals surface area (Å²) in [5, 5.41) is 0.681. The molecule has 0 spiro atoms. The van der Waals surface area contributed by atoms with Crippen LogP contribution < -0.4 is 4.72 Å². The number of anilines is 1. The number of hydrogen-bond donors (Lipinski definition) is 1. The summed E-state index contributed by atoms with van der Waals surface area (Å²) < 4.78 is 39.8. The molecule has 0 radical (unpaired) electrons. The van der Waals surface area contributed by atoms with Crippen LogP contribution in [0.1, 0.15) is 34.2 Å². The molecule has 0 saturated carbocycles. The Balaban J connectivity index is 1.94. The first-order chi connectivity index (χ1) is 16.2. The summed E-state index contributed by atoms with van der Waals surface area (Å²) >= 11 is 12.1. The fourth-order valence-corrected chi connectivity index (χ4v) is 4.51. The molecule has 0 bridgehead atoms. The van der Waals surface area contributed by atoms with Gasteiger partial charge in [-0.1, -0.05) is 53.5 Å². The number of aromatic nitrogens is 3. The highest BCUT2D eigenvalue weighted by Gasteiger charge is 2.30. The van der Waals surface area contributed by atoms with Crippen molar-refractivity contribution in [2.24, 2.45) is 0 Å². The largest absolute Gasteiger partial charge is 0.268 e. The Bertz CT molecular complexity index is 1340. The molecule has 0 fully saturated rings. The van der Waals surface area contributed by atoms with Crippen LogP contribution in [0.25, 0.3) is 0 Å². The fraction of sp³-hybridized carbons (Fsp3) is 0.125. The molecule has 3 aromatic heterocycles. The lowest BCUT2D eigenvalue weighted by Crippen LogP contribution is -2.18. The second-order valence-electron chi connectivity index (χ2n) is 7.66. The van der Waals surface area contributed by atoms with Crippen LogP contribution in [0.15, 0.2) is 79.1 Å². The maximum absolute atomic E-state index is 13.8. The third-order valence-corrected chi connectivity index (χ3v) is 6.19. The first-order valence-corrected chi connectivity index (χ1v) is 12.8. The lowest BCUT2D eigenvalue weighted by molar-refractivity contribution is 0.606. The van der Waals surface area contributed by atoms with Crippen molar-refractivity contribution in [1.82, 2.24) is 15.0 Å². The van der Waals surface area contributed by atoms with E-state index in [0.29, 0.717) is 16.0 Å². The molecule has 4 aromatic rings. The van der Waals surface area contributed by atoms with Crippen LogP contribution in [0.3, 0.4) is 0 Å². The van der Waals surface area contributed by atoms with E-state index in [-0.39, 0.29) is 17.6 Å². The lowest BCUT2D eigenvalue weighted by atomic mass is 9.76. The molecule has 0 aliphatic rings. The van der Waals surface area contributed by atoms with E-state index in [0.717, 1.165) is 22.9 Å². The maximum Gasteiger partial charge on any atom is 0.230 e. The van der Waals surface area contributed by atoms with Gasteiger partial charge in [-0.05, 0) is 53.1 Å². The molecule has 1 atom stereocenters. The highest BCUT2D eigenvalue weighted by atomic mass is 35.5. The van der Waals surface area contributed by atoms with Gasteiger partial charge in [0.25, 0.3) is 0 Å². The number of rotatable bonds is 7. The van der Waals surface area contributed by atoms with Crippen LogP contribution in [0.4, 0.5) is 10.2 Å². The Morgan fingerprint density at radius 2 is 1.35 bits per heavy atom. The highest BCUT2D eigenvalue weighted by molar-refractivity contribution is 7.92. The smallest absolute Gasteiger partial charge is 0.230 e. The number of nitrogens with one attached hydrogen (secondary N) is 1. The van der Waals surface area contributed by atoms with Gasteiger partial charge in [0.05, 0.1) is 11.9 Å². The number of sulfonamides is 1. The van der Waals surface area contributed by atoms with Gasteiger partial charge < -0.3 is 0 Å². The molecule has 34 heavy (non-hydrogen) atoms. The maximum atomic E-state index is 13.8. The molecule has 1 unspecified atom stereocenters. The zero-order chi connectivity index (χ0) is 24.3. The molecule has 0 aliphatic carbocycles. The highest BCUT2D eigenvalue weighted by Crippen LogP contribution is 2.42. The van der Waals surface area contributed by atoms with Crippen molar-refractivity contribution in [2.45, 2.75) is 11.8 Å². The molecule has 10 heteroatoms. The van der Waals surface area contributed by atoms with Crippen LogP contribution in [-0.4, -0.2) is 29.6 Å². The Labute approximate surface area is 206 Å². The van der Waals surface area contributed by atoms with Gasteiger partial charge in [0.2, 0.25) is 10.0 Å². The Hall–Kier alpha value is -3.07. The third-order valence-electron chi connectivity index (χ3n) is 5.16. The monoisotopic (exact) mass is 516 g/mol. The van der Waals surface area contributed by atoms with Gasteiger partial charge >= 0.3 is 0 Å². The predicted molar refractivity (Wildman–Crippen MR) is 131 cm³/mol. The average Bonchev–Trinajstić information content (AvgIpc) is 2.79. The van der Waals surface area contributed by atoms with Crippen molar-refractivity contribution in [3.63, 3.8) is 0 Å². The van der Waals surface area contributed by atoms with Gasteiger partial charge in [-0.3, -0.25) is 4.72 Å². The van der Waals surface area contributed by atoms with E-state index in [1.54, 1.807) is 54.9 Å². The van der Waals surface area contributed by atoms with Crippen LogP contribution in [0.5, 0.6) is 0 Å². The molecule has 0 aliphatic heterocycles. The van der Waals surface area contributed by atoms with E-state index >= 15 is 0 Å². The first kappa shape index (κ1) is 24.1. The first-order valence-electron chi connectivity index (χ1n) is 10.1. The Morgan fingerprint density at radius 3 is 1.85 bits per heavy atom. The lowest BCUT2D eigenvalue weighted by Gasteiger charge is -2.28. The summed E-state index contributed by atoms with van der Waals surface area (Å²) in [6.07, 6.45) is 4.38. The van der Waals surface area contributed by atoms with Crippen molar-refractivity contribution >= 4 is 39.0 Å². The topological polar surface area (TPSA) is 84.8 Å². The second kappa shape index (κ2) is 10.0. The molecular weight excluding hydrogens is 498 g/mol. The van der Waals surface area contributed by atoms with Gasteiger partial charge in [0.15, 0.2) is 0 Å². The number of halogens is 3. The van der Waals surface area contributed by atoms with Crippen LogP contribution in [0, 0.1) is 5.82 Å². The Kier molecular flexibility index (Phi) is 7.11. The van der Waals surface area contributed by atoms with Crippen LogP contribution in [-0.2, 0) is 10.0 Å². The standard InChI is InChI=1S/C24H19Cl2FN4O2S/c1-34(32,33)31-22-4-2-3-19(30-22)24(15-5-9-18(27)10-6-15)23(16-7-11-20(25)28-13-16)17-8-12-21(26)29-14-17/h2-14,23-24H,1H3,(H,30,31). The van der Waals surface area contributed by atoms with E-state index in [2.05, 4.69) is 19.7 Å². The minimum atomic E-state index is -3.54. The number of nitrogens with zero attached hydrogens (tertiary/aromatic N) is 3. The molecule has 174 valence electrons. The molecular formula is C24H19Cl2FN4O2S. The SMILES string of the molecule is CS(=O)(=O)Nc1cccc(C(c2ccc(F)cc2)C(c2ccc(Cl)nc2)c2ccc(Cl)nc2)n1. The number of hydrogen-bond acceptors (Lipinski definition) is 5. The van der Waals surface area contributed by atoms with Gasteiger partial charge in [-0.2, -0.15) is 0 Å². The van der Waals surface area contributed by atoms with Gasteiger partial charge in [-0.15, -0.1) is 0 Å². The van der Waals surface area contributed by atoms with Crippen molar-refractivity contribution in [3.05, 3.63) is 118 Å². The summed E-state index contributed by atoms with van der Waals surface area (Å²) in [4.78, 5) is 13.1. The minimum absolute atomic E-state index is 0.175. The van der Waals surface area contributed by atoms with Crippen molar-refractivity contribution in [1.29, 1.82) is 0 Å². The average molecular weight is 517 g/mol. The zero-order valence-corrected chi connectivity index (χ0v) is 20.2. The van der Waals surface area contributed by atoms with E-state index in [4.69, 9.17) is 23.2 Å². The van der Waals surface area contributed by atoms with Crippen molar-refractivity contribution < 1.29 is 12.8 Å². The molecule has 1 aromatic carbocycles. The summed E-state index contributed by atoms with van der Waals surface area (Å²) in [6, 6.07) is 18.2. The summed E-state index contributed by atoms with van der Waals surface area (Å²) in [6.45, 7) is 0. The fourth-order valence-electron chi connectivity index (χ4n) is 3.80. The molecule has 0 amide bonds. The minimum Gasteiger partial charge on any atom is -0.268 e. The summed E-state index contributed by atoms with van der Waals surface area (Å²) in [7, 11) is -3.54. The quantitative estimate of drug-likeness (QED) is 0.320. The van der Waals surface area contributed by atoms with Crippen molar-refractivity contribution in [2.75, 3.05) is 11.0 Å². The molecule has 3 heterocycles. The van der Waals surface area contributed by atoms with Gasteiger partial charge in [-0.25, -0.2) is 27.8 Å². The predicted octanol–water partition coefficient (Wildman–Crippen LogP) is 5.65. The van der Waals surface area contributed by atoms with Gasteiger partial charge in [0.1, 0.15) is 21.9 Å². The molecule has 0 saturated heterocycles. The van der Waals surface area contributed by atoms with E-state index < -0.39 is 15.9 Å². The zero-order valence-electron chi connectivity index (χ0n) is 17.9. The Morgan fingerprint density at radius 1 is 0.794 bits per heavy atom. The van der Waals surface area contributed by atoms with E-state index in [9.17, 15) is 12.8 Å². The normalized spacial score (nSPS) is 12.5. The van der Waals surface area contributed by atoms with Gasteiger partial charge in [0, 0.05) is 24.2 Å².